The third kappa shape index (κ3) is 1.04. The number of carboxylic acid groups (broad SMARTS) is 1. The van der Waals surface area contributed by atoms with Crippen molar-refractivity contribution < 1.29 is 9.90 Å². The molecule has 1 N–H and O–H groups in total. The minimum absolute atomic E-state index is 0.147. The molecule has 0 unspecified atom stereocenters. The van der Waals surface area contributed by atoms with Gasteiger partial charge in [0.25, 0.3) is 0 Å². The summed E-state index contributed by atoms with van der Waals surface area (Å²) in [5, 5.41) is 9.46. The van der Waals surface area contributed by atoms with Crippen LogP contribution in [0.4, 0.5) is 0 Å². The van der Waals surface area contributed by atoms with Gasteiger partial charge >= 0.3 is 5.97 Å². The van der Waals surface area contributed by atoms with Crippen molar-refractivity contribution >= 4 is 16.9 Å². The molecule has 4 heteroatoms. The van der Waals surface area contributed by atoms with E-state index in [-0.39, 0.29) is 11.0 Å². The molecular formula is C12H9NO3. The number of para-hydroxylation sites is 1. The lowest BCUT2D eigenvalue weighted by Gasteiger charge is -2.05. The first-order valence-corrected chi connectivity index (χ1v) is 5.07. The highest BCUT2D eigenvalue weighted by Crippen LogP contribution is 2.23. The van der Waals surface area contributed by atoms with Crippen LogP contribution in [-0.4, -0.2) is 15.6 Å². The standard InChI is InChI=1S/C12H9NO3/c14-11-8-3-1-2-7-4-5-13(10(7)8)6-9(11)12(15)16/h1-3,6H,4-5H2,(H,15,16). The van der Waals surface area contributed by atoms with E-state index in [9.17, 15) is 9.59 Å². The van der Waals surface area contributed by atoms with Crippen molar-refractivity contribution in [3.63, 3.8) is 0 Å². The molecule has 0 radical (unpaired) electrons. The van der Waals surface area contributed by atoms with E-state index in [4.69, 9.17) is 5.11 Å². The Bertz CT molecular complexity index is 670. The molecule has 3 rings (SSSR count). The Labute approximate surface area is 90.7 Å². The Morgan fingerprint density at radius 2 is 2.19 bits per heavy atom. The quantitative estimate of drug-likeness (QED) is 0.778. The van der Waals surface area contributed by atoms with E-state index in [1.54, 1.807) is 12.1 Å². The highest BCUT2D eigenvalue weighted by Gasteiger charge is 2.19. The maximum Gasteiger partial charge on any atom is 0.341 e. The number of carbonyl (C=O) groups is 1. The van der Waals surface area contributed by atoms with Crippen LogP contribution in [0, 0.1) is 0 Å². The number of carboxylic acids is 1. The largest absolute Gasteiger partial charge is 0.477 e. The van der Waals surface area contributed by atoms with Crippen LogP contribution >= 0.6 is 0 Å². The molecule has 0 fully saturated rings. The van der Waals surface area contributed by atoms with Crippen LogP contribution in [-0.2, 0) is 13.0 Å². The molecule has 1 aliphatic rings. The van der Waals surface area contributed by atoms with E-state index in [0.717, 1.165) is 24.0 Å². The summed E-state index contributed by atoms with van der Waals surface area (Å²) < 4.78 is 1.86. The lowest BCUT2D eigenvalue weighted by molar-refractivity contribution is 0.0695. The average molecular weight is 215 g/mol. The third-order valence-corrected chi connectivity index (χ3v) is 3.03. The van der Waals surface area contributed by atoms with Gasteiger partial charge < -0.3 is 9.67 Å². The normalized spacial score (nSPS) is 13.2. The summed E-state index contributed by atoms with van der Waals surface area (Å²) in [5.74, 6) is -1.16. The Hall–Kier alpha value is -2.10. The minimum atomic E-state index is -1.16. The summed E-state index contributed by atoms with van der Waals surface area (Å²) in [6, 6.07) is 5.47. The molecule has 1 aromatic heterocycles. The van der Waals surface area contributed by atoms with E-state index in [1.807, 2.05) is 10.6 Å². The number of aromatic nitrogens is 1. The molecule has 1 aliphatic heterocycles. The first-order valence-electron chi connectivity index (χ1n) is 5.07. The highest BCUT2D eigenvalue weighted by molar-refractivity contribution is 5.93. The van der Waals surface area contributed by atoms with Crippen molar-refractivity contribution in [2.45, 2.75) is 13.0 Å². The van der Waals surface area contributed by atoms with Crippen molar-refractivity contribution in [1.82, 2.24) is 4.57 Å². The smallest absolute Gasteiger partial charge is 0.341 e. The average Bonchev–Trinajstić information content (AvgIpc) is 2.67. The summed E-state index contributed by atoms with van der Waals surface area (Å²) in [4.78, 5) is 22.8. The van der Waals surface area contributed by atoms with Crippen molar-refractivity contribution in [2.75, 3.05) is 0 Å². The van der Waals surface area contributed by atoms with Crippen LogP contribution in [0.3, 0.4) is 0 Å². The number of nitrogens with zero attached hydrogens (tertiary/aromatic N) is 1. The third-order valence-electron chi connectivity index (χ3n) is 3.03. The summed E-state index contributed by atoms with van der Waals surface area (Å²) in [5.41, 5.74) is 1.47. The number of benzene rings is 1. The fourth-order valence-electron chi connectivity index (χ4n) is 2.31. The van der Waals surface area contributed by atoms with E-state index < -0.39 is 5.97 Å². The molecule has 0 saturated carbocycles. The first-order chi connectivity index (χ1) is 7.68. The van der Waals surface area contributed by atoms with Gasteiger partial charge in [0.2, 0.25) is 5.43 Å². The first kappa shape index (κ1) is 9.15. The molecule has 0 atom stereocenters. The fraction of sp³-hybridized carbons (Fsp3) is 0.167. The molecule has 0 aliphatic carbocycles. The zero-order valence-electron chi connectivity index (χ0n) is 8.43. The van der Waals surface area contributed by atoms with Crippen molar-refractivity contribution in [2.24, 2.45) is 0 Å². The Kier molecular flexibility index (Phi) is 1.68. The van der Waals surface area contributed by atoms with Crippen LogP contribution in [0.2, 0.25) is 0 Å². The Balaban J connectivity index is 2.54. The Morgan fingerprint density at radius 3 is 2.94 bits per heavy atom. The SMILES string of the molecule is O=C(O)c1cn2c3c(cccc3c1=O)CC2. The van der Waals surface area contributed by atoms with Gasteiger partial charge in [-0.25, -0.2) is 4.79 Å². The van der Waals surface area contributed by atoms with Gasteiger partial charge in [0, 0.05) is 18.1 Å². The van der Waals surface area contributed by atoms with Crippen LogP contribution in [0.1, 0.15) is 15.9 Å². The minimum Gasteiger partial charge on any atom is -0.477 e. The van der Waals surface area contributed by atoms with Crippen molar-refractivity contribution in [3.05, 3.63) is 45.7 Å². The fourth-order valence-corrected chi connectivity index (χ4v) is 2.31. The molecule has 0 amide bonds. The molecule has 4 nitrogen and oxygen atoms in total. The molecular weight excluding hydrogens is 206 g/mol. The van der Waals surface area contributed by atoms with Gasteiger partial charge in [-0.2, -0.15) is 0 Å². The van der Waals surface area contributed by atoms with Crippen molar-refractivity contribution in [1.29, 1.82) is 0 Å². The predicted octanol–water partition coefficient (Wildman–Crippen LogP) is 1.26. The molecule has 0 spiro atoms. The molecule has 16 heavy (non-hydrogen) atoms. The van der Waals surface area contributed by atoms with E-state index in [2.05, 4.69) is 0 Å². The number of hydrogen-bond acceptors (Lipinski definition) is 2. The van der Waals surface area contributed by atoms with Crippen molar-refractivity contribution in [3.8, 4) is 0 Å². The van der Waals surface area contributed by atoms with Gasteiger partial charge in [0.1, 0.15) is 5.56 Å². The van der Waals surface area contributed by atoms with Crippen LogP contribution in [0.25, 0.3) is 10.9 Å². The molecule has 0 saturated heterocycles. The number of hydrogen-bond donors (Lipinski definition) is 1. The topological polar surface area (TPSA) is 59.3 Å². The molecule has 1 aromatic carbocycles. The van der Waals surface area contributed by atoms with Gasteiger partial charge in [-0.15, -0.1) is 0 Å². The van der Waals surface area contributed by atoms with Gasteiger partial charge in [-0.3, -0.25) is 4.79 Å². The second kappa shape index (κ2) is 2.95. The second-order valence-electron chi connectivity index (χ2n) is 3.93. The van der Waals surface area contributed by atoms with Gasteiger partial charge in [-0.05, 0) is 18.1 Å². The summed E-state index contributed by atoms with van der Waals surface area (Å²) >= 11 is 0. The van der Waals surface area contributed by atoms with Gasteiger partial charge in [0.15, 0.2) is 0 Å². The summed E-state index contributed by atoms with van der Waals surface area (Å²) in [6.07, 6.45) is 2.31. The maximum atomic E-state index is 11.9. The molecule has 80 valence electrons. The van der Waals surface area contributed by atoms with E-state index >= 15 is 0 Å². The summed E-state index contributed by atoms with van der Waals surface area (Å²) in [7, 11) is 0. The van der Waals surface area contributed by atoms with Crippen LogP contribution in [0.5, 0.6) is 0 Å². The summed E-state index contributed by atoms with van der Waals surface area (Å²) in [6.45, 7) is 0.746. The highest BCUT2D eigenvalue weighted by atomic mass is 16.4. The Morgan fingerprint density at radius 1 is 1.38 bits per heavy atom. The lowest BCUT2D eigenvalue weighted by Crippen LogP contribution is -2.17. The van der Waals surface area contributed by atoms with Crippen LogP contribution < -0.4 is 5.43 Å². The monoisotopic (exact) mass is 215 g/mol. The lowest BCUT2D eigenvalue weighted by atomic mass is 10.1. The van der Waals surface area contributed by atoms with Gasteiger partial charge in [-0.1, -0.05) is 12.1 Å². The maximum absolute atomic E-state index is 11.9. The second-order valence-corrected chi connectivity index (χ2v) is 3.93. The zero-order chi connectivity index (χ0) is 11.3. The predicted molar refractivity (Wildman–Crippen MR) is 58.9 cm³/mol. The molecule has 2 heterocycles. The van der Waals surface area contributed by atoms with Crippen LogP contribution in [0.15, 0.2) is 29.2 Å². The number of aryl methyl sites for hydroxylation is 2. The number of rotatable bonds is 1. The molecule has 0 bridgehead atoms. The van der Waals surface area contributed by atoms with E-state index in [1.165, 1.54) is 6.20 Å². The zero-order valence-corrected chi connectivity index (χ0v) is 8.43. The van der Waals surface area contributed by atoms with Gasteiger partial charge in [0.05, 0.1) is 5.52 Å². The number of aromatic carboxylic acids is 1. The van der Waals surface area contributed by atoms with E-state index in [0.29, 0.717) is 5.39 Å². The molecule has 2 aromatic rings. The number of pyridine rings is 1.